The van der Waals surface area contributed by atoms with Crippen LogP contribution in [0.3, 0.4) is 0 Å². The Morgan fingerprint density at radius 2 is 1.86 bits per heavy atom. The second-order valence-corrected chi connectivity index (χ2v) is 10.9. The first-order chi connectivity index (χ1) is 13.2. The van der Waals surface area contributed by atoms with Crippen molar-refractivity contribution in [1.29, 1.82) is 0 Å². The normalized spacial score (nSPS) is 18.4. The van der Waals surface area contributed by atoms with Crippen LogP contribution in [-0.4, -0.2) is 65.8 Å². The van der Waals surface area contributed by atoms with Gasteiger partial charge in [-0.2, -0.15) is 13.2 Å². The highest BCUT2D eigenvalue weighted by Gasteiger charge is 2.55. The highest BCUT2D eigenvalue weighted by Crippen LogP contribution is 2.40. The molecule has 7 nitrogen and oxygen atoms in total. The van der Waals surface area contributed by atoms with Gasteiger partial charge >= 0.3 is 6.18 Å². The minimum Gasteiger partial charge on any atom is -0.373 e. The molecule has 1 aliphatic rings. The van der Waals surface area contributed by atoms with Gasteiger partial charge in [-0.1, -0.05) is 18.5 Å². The van der Waals surface area contributed by atoms with Gasteiger partial charge in [0.1, 0.15) is 0 Å². The molecule has 2 rings (SSSR count). The molecule has 0 aromatic heterocycles. The van der Waals surface area contributed by atoms with Crippen LogP contribution < -0.4 is 10.2 Å². The Bertz CT molecular complexity index is 925. The Hall–Kier alpha value is -1.37. The van der Waals surface area contributed by atoms with Gasteiger partial charge in [0.15, 0.2) is 9.84 Å². The summed E-state index contributed by atoms with van der Waals surface area (Å²) in [5.74, 6) is -1.48. The van der Waals surface area contributed by atoms with Gasteiger partial charge in [0.25, 0.3) is 5.91 Å². The molecule has 2 N–H and O–H groups in total. The van der Waals surface area contributed by atoms with Crippen LogP contribution in [0.1, 0.15) is 13.8 Å². The van der Waals surface area contributed by atoms with E-state index in [1.54, 1.807) is 4.90 Å². The molecule has 1 heterocycles. The predicted octanol–water partition coefficient (Wildman–Crippen LogP) is 1.95. The molecular weight excluding hydrogens is 457 g/mol. The third-order valence-corrected chi connectivity index (χ3v) is 7.95. The molecule has 1 aliphatic heterocycles. The molecule has 1 atom stereocenters. The molecule has 0 unspecified atom stereocenters. The molecule has 1 aromatic carbocycles. The summed E-state index contributed by atoms with van der Waals surface area (Å²) < 4.78 is 75.3. The zero-order chi connectivity index (χ0) is 22.2. The molecule has 1 aromatic rings. The van der Waals surface area contributed by atoms with Crippen LogP contribution in [-0.2, 0) is 25.4 Å². The highest BCUT2D eigenvalue weighted by molar-refractivity contribution is 7.91. The summed E-state index contributed by atoms with van der Waals surface area (Å²) in [7, 11) is -4.82. The van der Waals surface area contributed by atoms with Crippen molar-refractivity contribution in [2.24, 2.45) is 0 Å². The van der Waals surface area contributed by atoms with Crippen molar-refractivity contribution in [2.75, 3.05) is 40.6 Å². The maximum absolute atomic E-state index is 12.9. The average molecular weight is 477 g/mol. The molecule has 1 fully saturated rings. The third-order valence-electron chi connectivity index (χ3n) is 4.53. The number of carbonyl (C=O) groups excluding carboxylic acids is 1. The number of aliphatic hydroxyl groups is 1. The number of alkyl halides is 3. The summed E-state index contributed by atoms with van der Waals surface area (Å²) in [4.78, 5) is 13.4. The minimum absolute atomic E-state index is 0.0228. The molecule has 0 saturated carbocycles. The van der Waals surface area contributed by atoms with E-state index in [-0.39, 0.29) is 51.6 Å². The van der Waals surface area contributed by atoms with Gasteiger partial charge < -0.3 is 15.3 Å². The molecule has 1 saturated heterocycles. The van der Waals surface area contributed by atoms with Crippen molar-refractivity contribution in [3.63, 3.8) is 0 Å². The van der Waals surface area contributed by atoms with E-state index in [9.17, 15) is 35.7 Å². The number of nitrogens with one attached hydrogen (secondary N) is 1. The van der Waals surface area contributed by atoms with Gasteiger partial charge in [-0.25, -0.2) is 8.42 Å². The first-order valence-corrected chi connectivity index (χ1v) is 12.0. The van der Waals surface area contributed by atoms with Gasteiger partial charge in [0.2, 0.25) is 5.60 Å². The Morgan fingerprint density at radius 1 is 1.31 bits per heavy atom. The lowest BCUT2D eigenvalue weighted by Gasteiger charge is -2.32. The van der Waals surface area contributed by atoms with Gasteiger partial charge in [0, 0.05) is 35.4 Å². The summed E-state index contributed by atoms with van der Waals surface area (Å²) in [6, 6.07) is 2.21. The van der Waals surface area contributed by atoms with E-state index in [0.717, 1.165) is 12.1 Å². The Balaban J connectivity index is 2.53. The standard InChI is InChI=1S/C16H20ClF3N2O5S2/c1-3-29(26,27)11-5-4-10(21-14(23)15(2,24)16(18,19)20)12(17)13(11)22-6-8-28(25)9-7-22/h4-5,24H,3,6-9H2,1-2H3,(H,21,23)/t15-/m1/s1. The maximum atomic E-state index is 12.9. The number of nitrogens with zero attached hydrogens (tertiary/aromatic N) is 1. The van der Waals surface area contributed by atoms with Gasteiger partial charge in [-0.3, -0.25) is 9.00 Å². The number of benzene rings is 1. The van der Waals surface area contributed by atoms with Crippen LogP contribution in [0.2, 0.25) is 5.02 Å². The third kappa shape index (κ3) is 4.86. The van der Waals surface area contributed by atoms with E-state index in [4.69, 9.17) is 11.6 Å². The zero-order valence-corrected chi connectivity index (χ0v) is 17.9. The lowest BCUT2D eigenvalue weighted by atomic mass is 10.1. The maximum Gasteiger partial charge on any atom is 0.426 e. The molecule has 0 radical (unpaired) electrons. The van der Waals surface area contributed by atoms with E-state index >= 15 is 0 Å². The first kappa shape index (κ1) is 23.9. The van der Waals surface area contributed by atoms with Crippen molar-refractivity contribution in [2.45, 2.75) is 30.5 Å². The van der Waals surface area contributed by atoms with Crippen molar-refractivity contribution in [3.8, 4) is 0 Å². The summed E-state index contributed by atoms with van der Waals surface area (Å²) in [5, 5.41) is 11.2. The SMILES string of the molecule is CCS(=O)(=O)c1ccc(NC(=O)[C@@](C)(O)C(F)(F)F)c(Cl)c1N1CCS(=O)CC1. The number of sulfone groups is 1. The molecular formula is C16H20ClF3N2O5S2. The van der Waals surface area contributed by atoms with Crippen molar-refractivity contribution >= 4 is 49.5 Å². The van der Waals surface area contributed by atoms with E-state index in [1.165, 1.54) is 6.92 Å². The molecule has 0 spiro atoms. The van der Waals surface area contributed by atoms with Gasteiger partial charge in [-0.15, -0.1) is 0 Å². The van der Waals surface area contributed by atoms with Crippen LogP contribution in [0.5, 0.6) is 0 Å². The van der Waals surface area contributed by atoms with E-state index in [2.05, 4.69) is 0 Å². The summed E-state index contributed by atoms with van der Waals surface area (Å²) in [5.41, 5.74) is -3.93. The second kappa shape index (κ2) is 8.40. The molecule has 29 heavy (non-hydrogen) atoms. The second-order valence-electron chi connectivity index (χ2n) is 6.54. The minimum atomic E-state index is -5.23. The quantitative estimate of drug-likeness (QED) is 0.673. The zero-order valence-electron chi connectivity index (χ0n) is 15.5. The lowest BCUT2D eigenvalue weighted by Crippen LogP contribution is -2.52. The Kier molecular flexibility index (Phi) is 6.93. The van der Waals surface area contributed by atoms with Crippen molar-refractivity contribution in [1.82, 2.24) is 0 Å². The molecule has 13 heteroatoms. The fourth-order valence-corrected chi connectivity index (χ4v) is 5.13. The number of halogens is 4. The van der Waals surface area contributed by atoms with Gasteiger partial charge in [-0.05, 0) is 19.1 Å². The topological polar surface area (TPSA) is 104 Å². The number of rotatable bonds is 5. The average Bonchev–Trinajstić information content (AvgIpc) is 2.63. The fraction of sp³-hybridized carbons (Fsp3) is 0.562. The van der Waals surface area contributed by atoms with Crippen molar-refractivity contribution in [3.05, 3.63) is 17.2 Å². The van der Waals surface area contributed by atoms with Crippen LogP contribution in [0.4, 0.5) is 24.5 Å². The number of amides is 1. The van der Waals surface area contributed by atoms with Crippen LogP contribution in [0.15, 0.2) is 17.0 Å². The molecule has 1 amide bonds. The summed E-state index contributed by atoms with van der Waals surface area (Å²) >= 11 is 6.30. The number of hydrogen-bond acceptors (Lipinski definition) is 6. The Labute approximate surface area is 173 Å². The van der Waals surface area contributed by atoms with Crippen LogP contribution in [0.25, 0.3) is 0 Å². The van der Waals surface area contributed by atoms with E-state index in [1.807, 2.05) is 5.32 Å². The number of hydrogen-bond donors (Lipinski definition) is 2. The fourth-order valence-electron chi connectivity index (χ4n) is 2.58. The molecule has 0 aliphatic carbocycles. The smallest absolute Gasteiger partial charge is 0.373 e. The molecule has 0 bridgehead atoms. The lowest BCUT2D eigenvalue weighted by molar-refractivity contribution is -0.242. The summed E-state index contributed by atoms with van der Waals surface area (Å²) in [6.45, 7) is 2.16. The van der Waals surface area contributed by atoms with Gasteiger partial charge in [0.05, 0.1) is 27.0 Å². The van der Waals surface area contributed by atoms with E-state index < -0.39 is 38.3 Å². The monoisotopic (exact) mass is 476 g/mol. The predicted molar refractivity (Wildman–Crippen MR) is 105 cm³/mol. The number of carbonyl (C=O) groups is 1. The van der Waals surface area contributed by atoms with Crippen LogP contribution >= 0.6 is 11.6 Å². The molecule has 164 valence electrons. The largest absolute Gasteiger partial charge is 0.426 e. The first-order valence-electron chi connectivity index (χ1n) is 8.48. The van der Waals surface area contributed by atoms with E-state index in [0.29, 0.717) is 6.92 Å². The highest BCUT2D eigenvalue weighted by atomic mass is 35.5. The van der Waals surface area contributed by atoms with Crippen molar-refractivity contribution < 1.29 is 35.7 Å². The number of anilines is 2. The summed E-state index contributed by atoms with van der Waals surface area (Å²) in [6.07, 6.45) is -5.23. The Morgan fingerprint density at radius 3 is 2.34 bits per heavy atom. The van der Waals surface area contributed by atoms with Crippen LogP contribution in [0, 0.1) is 0 Å².